The lowest BCUT2D eigenvalue weighted by atomic mass is 10.1. The van der Waals surface area contributed by atoms with Crippen molar-refractivity contribution in [3.63, 3.8) is 0 Å². The fraction of sp³-hybridized carbons (Fsp3) is 0.462. The lowest BCUT2D eigenvalue weighted by molar-refractivity contribution is -0.140. The molecular weight excluding hydrogens is 276 g/mol. The number of amides is 1. The van der Waals surface area contributed by atoms with Crippen molar-refractivity contribution in [2.45, 2.75) is 32.0 Å². The maximum absolute atomic E-state index is 13.1. The molecule has 1 aromatic rings. The largest absolute Gasteiger partial charge is 0.419 e. The summed E-state index contributed by atoms with van der Waals surface area (Å²) in [5, 5.41) is 2.45. The van der Waals surface area contributed by atoms with Gasteiger partial charge >= 0.3 is 6.18 Å². The summed E-state index contributed by atoms with van der Waals surface area (Å²) >= 11 is 0. The zero-order valence-electron chi connectivity index (χ0n) is 10.9. The molecule has 1 amide bonds. The van der Waals surface area contributed by atoms with Gasteiger partial charge in [0.15, 0.2) is 0 Å². The highest BCUT2D eigenvalue weighted by atomic mass is 19.4. The lowest BCUT2D eigenvalue weighted by Gasteiger charge is -2.12. The van der Waals surface area contributed by atoms with E-state index in [2.05, 4.69) is 5.32 Å². The van der Waals surface area contributed by atoms with Gasteiger partial charge in [0.2, 0.25) is 0 Å². The molecule has 20 heavy (non-hydrogen) atoms. The van der Waals surface area contributed by atoms with Crippen molar-refractivity contribution in [2.75, 3.05) is 6.54 Å². The molecule has 7 heteroatoms. The molecule has 0 aliphatic carbocycles. The molecule has 1 aromatic carbocycles. The molecule has 0 radical (unpaired) electrons. The number of carbonyl (C=O) groups is 1. The average Bonchev–Trinajstić information content (AvgIpc) is 2.37. The highest BCUT2D eigenvalue weighted by Gasteiger charge is 2.34. The van der Waals surface area contributed by atoms with E-state index < -0.39 is 23.5 Å². The Morgan fingerprint density at radius 1 is 1.40 bits per heavy atom. The molecule has 0 aliphatic rings. The number of benzene rings is 1. The normalized spacial score (nSPS) is 13.1. The SMILES string of the molecule is CCC(N)CCNC(=O)c1ccc(F)c(C(F)(F)F)c1. The topological polar surface area (TPSA) is 55.1 Å². The molecule has 0 fully saturated rings. The van der Waals surface area contributed by atoms with E-state index >= 15 is 0 Å². The van der Waals surface area contributed by atoms with Gasteiger partial charge in [-0.05, 0) is 31.0 Å². The van der Waals surface area contributed by atoms with E-state index in [9.17, 15) is 22.4 Å². The minimum Gasteiger partial charge on any atom is -0.352 e. The van der Waals surface area contributed by atoms with Crippen molar-refractivity contribution in [3.05, 3.63) is 35.1 Å². The quantitative estimate of drug-likeness (QED) is 0.820. The highest BCUT2D eigenvalue weighted by molar-refractivity contribution is 5.94. The first-order chi connectivity index (χ1) is 9.25. The molecule has 1 rings (SSSR count). The predicted molar refractivity (Wildman–Crippen MR) is 66.6 cm³/mol. The number of alkyl halides is 3. The van der Waals surface area contributed by atoms with Crippen molar-refractivity contribution in [3.8, 4) is 0 Å². The van der Waals surface area contributed by atoms with Gasteiger partial charge in [0.05, 0.1) is 5.56 Å². The Bertz CT molecular complexity index is 474. The Hall–Kier alpha value is -1.63. The van der Waals surface area contributed by atoms with Gasteiger partial charge < -0.3 is 11.1 Å². The number of nitrogens with two attached hydrogens (primary N) is 1. The number of hydrogen-bond acceptors (Lipinski definition) is 2. The van der Waals surface area contributed by atoms with Gasteiger partial charge in [-0.2, -0.15) is 13.2 Å². The van der Waals surface area contributed by atoms with Crippen LogP contribution >= 0.6 is 0 Å². The zero-order valence-corrected chi connectivity index (χ0v) is 10.9. The summed E-state index contributed by atoms with van der Waals surface area (Å²) in [6.45, 7) is 2.15. The Morgan fingerprint density at radius 3 is 2.60 bits per heavy atom. The summed E-state index contributed by atoms with van der Waals surface area (Å²) in [5.74, 6) is -2.08. The first-order valence-corrected chi connectivity index (χ1v) is 6.16. The van der Waals surface area contributed by atoms with Gasteiger partial charge in [-0.3, -0.25) is 4.79 Å². The first kappa shape index (κ1) is 16.4. The summed E-state index contributed by atoms with van der Waals surface area (Å²) in [5.41, 5.74) is 3.97. The second kappa shape index (κ2) is 6.69. The summed E-state index contributed by atoms with van der Waals surface area (Å²) in [7, 11) is 0. The third-order valence-corrected chi connectivity index (χ3v) is 2.86. The van der Waals surface area contributed by atoms with Gasteiger partial charge in [0, 0.05) is 18.2 Å². The molecule has 0 spiro atoms. The Balaban J connectivity index is 2.74. The van der Waals surface area contributed by atoms with Crippen molar-refractivity contribution < 1.29 is 22.4 Å². The first-order valence-electron chi connectivity index (χ1n) is 6.16. The molecule has 0 heterocycles. The van der Waals surface area contributed by atoms with Crippen LogP contribution in [-0.2, 0) is 6.18 Å². The van der Waals surface area contributed by atoms with Crippen molar-refractivity contribution in [2.24, 2.45) is 5.73 Å². The van der Waals surface area contributed by atoms with Crippen molar-refractivity contribution >= 4 is 5.91 Å². The van der Waals surface area contributed by atoms with Gasteiger partial charge in [-0.1, -0.05) is 6.92 Å². The van der Waals surface area contributed by atoms with Crippen LogP contribution in [-0.4, -0.2) is 18.5 Å². The van der Waals surface area contributed by atoms with Gasteiger partial charge in [-0.15, -0.1) is 0 Å². The fourth-order valence-electron chi connectivity index (χ4n) is 1.56. The van der Waals surface area contributed by atoms with Crippen LogP contribution in [0.2, 0.25) is 0 Å². The third kappa shape index (κ3) is 4.48. The molecule has 0 saturated carbocycles. The predicted octanol–water partition coefficient (Wildman–Crippen LogP) is 2.70. The molecule has 0 bridgehead atoms. The van der Waals surface area contributed by atoms with Gasteiger partial charge in [0.25, 0.3) is 5.91 Å². The number of hydrogen-bond donors (Lipinski definition) is 2. The number of halogens is 4. The Kier molecular flexibility index (Phi) is 5.50. The van der Waals surface area contributed by atoms with Crippen LogP contribution in [0.5, 0.6) is 0 Å². The van der Waals surface area contributed by atoms with Crippen molar-refractivity contribution in [1.29, 1.82) is 0 Å². The molecule has 3 N–H and O–H groups in total. The minimum absolute atomic E-state index is 0.0748. The smallest absolute Gasteiger partial charge is 0.352 e. The second-order valence-electron chi connectivity index (χ2n) is 4.41. The molecule has 0 aliphatic heterocycles. The zero-order chi connectivity index (χ0) is 15.3. The van der Waals surface area contributed by atoms with Gasteiger partial charge in [-0.25, -0.2) is 4.39 Å². The molecule has 0 aromatic heterocycles. The highest BCUT2D eigenvalue weighted by Crippen LogP contribution is 2.31. The maximum Gasteiger partial charge on any atom is 0.419 e. The van der Waals surface area contributed by atoms with Crippen LogP contribution in [0.3, 0.4) is 0 Å². The molecule has 0 saturated heterocycles. The second-order valence-corrected chi connectivity index (χ2v) is 4.41. The number of carbonyl (C=O) groups excluding carboxylic acids is 1. The number of rotatable bonds is 5. The monoisotopic (exact) mass is 292 g/mol. The van der Waals surface area contributed by atoms with Crippen LogP contribution in [0.25, 0.3) is 0 Å². The molecule has 112 valence electrons. The fourth-order valence-corrected chi connectivity index (χ4v) is 1.56. The lowest BCUT2D eigenvalue weighted by Crippen LogP contribution is -2.30. The van der Waals surface area contributed by atoms with E-state index in [1.54, 1.807) is 0 Å². The van der Waals surface area contributed by atoms with Crippen molar-refractivity contribution in [1.82, 2.24) is 5.32 Å². The van der Waals surface area contributed by atoms with E-state index in [0.29, 0.717) is 18.6 Å². The minimum atomic E-state index is -4.83. The summed E-state index contributed by atoms with van der Waals surface area (Å²) < 4.78 is 50.6. The Labute approximate surface area is 114 Å². The van der Waals surface area contributed by atoms with E-state index in [-0.39, 0.29) is 18.2 Å². The average molecular weight is 292 g/mol. The molecule has 1 atom stereocenters. The summed E-state index contributed by atoms with van der Waals surface area (Å²) in [6.07, 6.45) is -3.56. The maximum atomic E-state index is 13.1. The molecular formula is C13H16F4N2O. The molecule has 3 nitrogen and oxygen atoms in total. The van der Waals surface area contributed by atoms with E-state index in [1.165, 1.54) is 0 Å². The van der Waals surface area contributed by atoms with Crippen LogP contribution in [0, 0.1) is 5.82 Å². The Morgan fingerprint density at radius 2 is 2.05 bits per heavy atom. The summed E-state index contributed by atoms with van der Waals surface area (Å²) in [4.78, 5) is 11.7. The number of nitrogens with one attached hydrogen (secondary N) is 1. The van der Waals surface area contributed by atoms with Crippen LogP contribution in [0.4, 0.5) is 17.6 Å². The summed E-state index contributed by atoms with van der Waals surface area (Å²) in [6, 6.07) is 2.08. The van der Waals surface area contributed by atoms with E-state index in [0.717, 1.165) is 12.5 Å². The standard InChI is InChI=1S/C13H16F4N2O/c1-2-9(18)5-6-19-12(20)8-3-4-11(14)10(7-8)13(15,16)17/h3-4,7,9H,2,5-6,18H2,1H3,(H,19,20). The third-order valence-electron chi connectivity index (χ3n) is 2.86. The van der Waals surface area contributed by atoms with Crippen LogP contribution in [0.1, 0.15) is 35.7 Å². The molecule has 1 unspecified atom stereocenters. The van der Waals surface area contributed by atoms with E-state index in [4.69, 9.17) is 5.73 Å². The van der Waals surface area contributed by atoms with Crippen LogP contribution in [0.15, 0.2) is 18.2 Å². The van der Waals surface area contributed by atoms with Crippen LogP contribution < -0.4 is 11.1 Å². The van der Waals surface area contributed by atoms with E-state index in [1.807, 2.05) is 6.92 Å². The van der Waals surface area contributed by atoms with Gasteiger partial charge in [0.1, 0.15) is 5.82 Å².